The van der Waals surface area contributed by atoms with Crippen LogP contribution in [-0.4, -0.2) is 29.4 Å². The number of unbranched alkanes of at least 4 members (excludes halogenated alkanes) is 7. The number of hydrogen-bond donors (Lipinski definition) is 1. The number of rotatable bonds is 14. The highest BCUT2D eigenvalue weighted by Crippen LogP contribution is 2.13. The first-order chi connectivity index (χ1) is 13.1. The lowest BCUT2D eigenvalue weighted by molar-refractivity contribution is -0.161. The van der Waals surface area contributed by atoms with Gasteiger partial charge in [0, 0.05) is 11.6 Å². The Morgan fingerprint density at radius 1 is 0.963 bits per heavy atom. The number of carbonyl (C=O) groups is 3. The Labute approximate surface area is 161 Å². The van der Waals surface area contributed by atoms with Gasteiger partial charge in [0.15, 0.2) is 6.10 Å². The molecule has 1 aromatic carbocycles. The molecule has 148 valence electrons. The van der Waals surface area contributed by atoms with Crippen LogP contribution in [0.2, 0.25) is 0 Å². The third kappa shape index (κ3) is 10.3. The van der Waals surface area contributed by atoms with Crippen molar-refractivity contribution in [2.45, 2.75) is 70.8 Å². The van der Waals surface area contributed by atoms with Gasteiger partial charge in [-0.05, 0) is 24.5 Å². The lowest BCUT2D eigenvalue weighted by Crippen LogP contribution is -2.26. The first kappa shape index (κ1) is 22.6. The summed E-state index contributed by atoms with van der Waals surface area (Å²) < 4.78 is 5.06. The molecule has 0 aliphatic rings. The Kier molecular flexibility index (Phi) is 11.5. The van der Waals surface area contributed by atoms with Crippen LogP contribution in [0.1, 0.15) is 80.6 Å². The Bertz CT molecular complexity index is 604. The van der Waals surface area contributed by atoms with Gasteiger partial charge in [-0.3, -0.25) is 4.79 Å². The number of ether oxygens (including phenoxy) is 1. The van der Waals surface area contributed by atoms with E-state index in [1.807, 2.05) is 0 Å². The number of hydrogen-bond acceptors (Lipinski definition) is 4. The number of carboxylic acids is 1. The number of carboxylic acid groups (broad SMARTS) is 1. The number of benzene rings is 1. The summed E-state index contributed by atoms with van der Waals surface area (Å²) in [5, 5.41) is 9.23. The molecule has 0 aliphatic carbocycles. The predicted octanol–water partition coefficient (Wildman–Crippen LogP) is 5.04. The zero-order chi connectivity index (χ0) is 19.9. The average Bonchev–Trinajstić information content (AvgIpc) is 2.67. The Hall–Kier alpha value is -2.43. The number of carbonyl (C=O) groups excluding carboxylic acids is 2. The average molecular weight is 374 g/mol. The molecule has 0 saturated carbocycles. The van der Waals surface area contributed by atoms with E-state index in [0.29, 0.717) is 12.0 Å². The molecule has 0 heterocycles. The van der Waals surface area contributed by atoms with Crippen molar-refractivity contribution < 1.29 is 24.2 Å². The van der Waals surface area contributed by atoms with Gasteiger partial charge < -0.3 is 9.84 Å². The van der Waals surface area contributed by atoms with Crippen LogP contribution in [-0.2, 0) is 14.3 Å². The second kappa shape index (κ2) is 13.7. The molecule has 27 heavy (non-hydrogen) atoms. The summed E-state index contributed by atoms with van der Waals surface area (Å²) in [7, 11) is 0. The van der Waals surface area contributed by atoms with E-state index in [1.165, 1.54) is 44.3 Å². The van der Waals surface area contributed by atoms with Crippen LogP contribution >= 0.6 is 0 Å². The van der Waals surface area contributed by atoms with Crippen molar-refractivity contribution in [1.29, 1.82) is 0 Å². The van der Waals surface area contributed by atoms with Crippen LogP contribution < -0.4 is 0 Å². The van der Waals surface area contributed by atoms with Gasteiger partial charge in [-0.25, -0.2) is 9.59 Å². The summed E-state index contributed by atoms with van der Waals surface area (Å²) in [6.07, 6.45) is 11.6. The van der Waals surface area contributed by atoms with Crippen molar-refractivity contribution in [2.24, 2.45) is 0 Å². The third-order valence-corrected chi connectivity index (χ3v) is 4.34. The third-order valence-electron chi connectivity index (χ3n) is 4.34. The van der Waals surface area contributed by atoms with Gasteiger partial charge in [-0.2, -0.15) is 0 Å². The largest absolute Gasteiger partial charge is 0.479 e. The molecule has 0 fully saturated rings. The minimum absolute atomic E-state index is 0.331. The van der Waals surface area contributed by atoms with E-state index >= 15 is 0 Å². The molecular formula is C22H30O5. The molecule has 1 aromatic rings. The van der Waals surface area contributed by atoms with E-state index in [-0.39, 0.29) is 0 Å². The Morgan fingerprint density at radius 3 is 2.07 bits per heavy atom. The van der Waals surface area contributed by atoms with Crippen LogP contribution in [0.25, 0.3) is 6.08 Å². The van der Waals surface area contributed by atoms with Gasteiger partial charge in [0.1, 0.15) is 6.29 Å². The minimum atomic E-state index is -1.12. The molecule has 1 N–H and O–H groups in total. The maximum atomic E-state index is 11.9. The molecule has 5 heteroatoms. The summed E-state index contributed by atoms with van der Waals surface area (Å²) in [4.78, 5) is 33.8. The topological polar surface area (TPSA) is 80.7 Å². The normalized spacial score (nSPS) is 12.0. The standard InChI is InChI=1S/C22H30O5/c1-2-3-4-5-6-7-8-9-10-20(22(25)26)27-21(24)16-15-18-11-13-19(17-23)14-12-18/h11-17,20H,2-10H2,1H3,(H,25,26). The van der Waals surface area contributed by atoms with Crippen LogP contribution in [0.4, 0.5) is 0 Å². The van der Waals surface area contributed by atoms with E-state index in [9.17, 15) is 19.5 Å². The molecule has 0 aliphatic heterocycles. The van der Waals surface area contributed by atoms with Gasteiger partial charge in [-0.15, -0.1) is 0 Å². The highest BCUT2D eigenvalue weighted by Gasteiger charge is 2.20. The number of esters is 1. The number of aliphatic carboxylic acids is 1. The molecule has 0 amide bonds. The fraction of sp³-hybridized carbons (Fsp3) is 0.500. The van der Waals surface area contributed by atoms with Crippen LogP contribution in [0.5, 0.6) is 0 Å². The summed E-state index contributed by atoms with van der Waals surface area (Å²) in [6.45, 7) is 2.19. The Balaban J connectivity index is 2.33. The maximum absolute atomic E-state index is 11.9. The van der Waals surface area contributed by atoms with E-state index in [2.05, 4.69) is 6.92 Å². The first-order valence-corrected chi connectivity index (χ1v) is 9.73. The number of aldehydes is 1. The quantitative estimate of drug-likeness (QED) is 0.213. The van der Waals surface area contributed by atoms with Crippen LogP contribution in [0.15, 0.2) is 30.3 Å². The summed E-state index contributed by atoms with van der Waals surface area (Å²) in [5.41, 5.74) is 1.28. The van der Waals surface area contributed by atoms with Crippen molar-refractivity contribution in [3.05, 3.63) is 41.5 Å². The lowest BCUT2D eigenvalue weighted by atomic mass is 10.1. The van der Waals surface area contributed by atoms with Crippen molar-refractivity contribution in [2.75, 3.05) is 0 Å². The minimum Gasteiger partial charge on any atom is -0.479 e. The second-order valence-corrected chi connectivity index (χ2v) is 6.65. The van der Waals surface area contributed by atoms with Gasteiger partial charge in [-0.1, -0.05) is 76.1 Å². The summed E-state index contributed by atoms with van der Waals surface area (Å²) >= 11 is 0. The molecular weight excluding hydrogens is 344 g/mol. The Morgan fingerprint density at radius 2 is 1.52 bits per heavy atom. The SMILES string of the molecule is CCCCCCCCCCC(OC(=O)C=Cc1ccc(C=O)cc1)C(=O)O. The molecule has 0 radical (unpaired) electrons. The van der Waals surface area contributed by atoms with E-state index in [4.69, 9.17) is 4.74 Å². The maximum Gasteiger partial charge on any atom is 0.345 e. The molecule has 5 nitrogen and oxygen atoms in total. The zero-order valence-corrected chi connectivity index (χ0v) is 16.1. The second-order valence-electron chi connectivity index (χ2n) is 6.65. The molecule has 0 spiro atoms. The van der Waals surface area contributed by atoms with Gasteiger partial charge >= 0.3 is 11.9 Å². The van der Waals surface area contributed by atoms with E-state index < -0.39 is 18.0 Å². The van der Waals surface area contributed by atoms with Gasteiger partial charge in [0.05, 0.1) is 0 Å². The molecule has 1 unspecified atom stereocenters. The monoisotopic (exact) mass is 374 g/mol. The fourth-order valence-corrected chi connectivity index (χ4v) is 2.73. The molecule has 0 bridgehead atoms. The van der Waals surface area contributed by atoms with Crippen molar-refractivity contribution >= 4 is 24.3 Å². The van der Waals surface area contributed by atoms with Crippen LogP contribution in [0.3, 0.4) is 0 Å². The molecule has 1 rings (SSSR count). The van der Waals surface area contributed by atoms with Crippen LogP contribution in [0, 0.1) is 0 Å². The summed E-state index contributed by atoms with van der Waals surface area (Å²) in [5.74, 6) is -1.79. The zero-order valence-electron chi connectivity index (χ0n) is 16.1. The smallest absolute Gasteiger partial charge is 0.345 e. The highest BCUT2D eigenvalue weighted by molar-refractivity contribution is 5.89. The predicted molar refractivity (Wildman–Crippen MR) is 106 cm³/mol. The highest BCUT2D eigenvalue weighted by atomic mass is 16.6. The van der Waals surface area contributed by atoms with Crippen molar-refractivity contribution in [3.63, 3.8) is 0 Å². The van der Waals surface area contributed by atoms with E-state index in [1.54, 1.807) is 24.3 Å². The van der Waals surface area contributed by atoms with Gasteiger partial charge in [0.25, 0.3) is 0 Å². The molecule has 0 saturated heterocycles. The van der Waals surface area contributed by atoms with Crippen molar-refractivity contribution in [3.8, 4) is 0 Å². The van der Waals surface area contributed by atoms with Gasteiger partial charge in [0.2, 0.25) is 0 Å². The lowest BCUT2D eigenvalue weighted by Gasteiger charge is -2.12. The van der Waals surface area contributed by atoms with E-state index in [0.717, 1.165) is 31.1 Å². The fourth-order valence-electron chi connectivity index (χ4n) is 2.73. The van der Waals surface area contributed by atoms with Crippen molar-refractivity contribution in [1.82, 2.24) is 0 Å². The molecule has 0 aromatic heterocycles. The first-order valence-electron chi connectivity index (χ1n) is 9.73. The summed E-state index contributed by atoms with van der Waals surface area (Å²) in [6, 6.07) is 6.67. The molecule has 1 atom stereocenters.